The van der Waals surface area contributed by atoms with Crippen LogP contribution in [0.1, 0.15) is 24.8 Å². The van der Waals surface area contributed by atoms with Gasteiger partial charge in [0.25, 0.3) is 5.56 Å². The Bertz CT molecular complexity index is 1250. The van der Waals surface area contributed by atoms with Gasteiger partial charge in [0.05, 0.1) is 31.1 Å². The van der Waals surface area contributed by atoms with Crippen LogP contribution in [0, 0.1) is 6.92 Å². The largest absolute Gasteiger partial charge is 0.349 e. The van der Waals surface area contributed by atoms with Crippen LogP contribution in [-0.4, -0.2) is 39.9 Å². The van der Waals surface area contributed by atoms with Gasteiger partial charge in [-0.25, -0.2) is 4.98 Å². The first-order chi connectivity index (χ1) is 14.7. The molecule has 1 saturated heterocycles. The van der Waals surface area contributed by atoms with E-state index >= 15 is 0 Å². The predicted octanol–water partition coefficient (Wildman–Crippen LogP) is 3.34. The Labute approximate surface area is 180 Å². The van der Waals surface area contributed by atoms with Gasteiger partial charge in [0.1, 0.15) is 11.0 Å². The van der Waals surface area contributed by atoms with Crippen molar-refractivity contribution in [2.45, 2.75) is 31.3 Å². The molecule has 0 spiro atoms. The summed E-state index contributed by atoms with van der Waals surface area (Å²) < 4.78 is 1.79. The quantitative estimate of drug-likeness (QED) is 0.385. The zero-order chi connectivity index (χ0) is 20.5. The number of piperidine rings is 1. The van der Waals surface area contributed by atoms with Crippen LogP contribution in [0.4, 0.5) is 0 Å². The number of hydrogen-bond acceptors (Lipinski definition) is 3. The van der Waals surface area contributed by atoms with E-state index in [4.69, 9.17) is 4.98 Å². The zero-order valence-electron chi connectivity index (χ0n) is 17.3. The van der Waals surface area contributed by atoms with Gasteiger partial charge in [-0.05, 0) is 43.9 Å². The van der Waals surface area contributed by atoms with Crippen molar-refractivity contribution >= 4 is 33.7 Å². The van der Waals surface area contributed by atoms with Crippen molar-refractivity contribution in [1.82, 2.24) is 14.5 Å². The molecular weight excluding hydrogens is 392 g/mol. The highest BCUT2D eigenvalue weighted by Gasteiger charge is 2.19. The Balaban J connectivity index is 1.60. The lowest BCUT2D eigenvalue weighted by molar-refractivity contribution is -0.902. The molecular formula is C24H27N4OS+. The summed E-state index contributed by atoms with van der Waals surface area (Å²) >= 11 is 1.70. The predicted molar refractivity (Wildman–Crippen MR) is 124 cm³/mol. The van der Waals surface area contributed by atoms with Gasteiger partial charge in [0.2, 0.25) is 0 Å². The molecule has 6 heteroatoms. The minimum Gasteiger partial charge on any atom is -0.349 e. The molecule has 0 amide bonds. The fourth-order valence-corrected chi connectivity index (χ4v) is 5.49. The Morgan fingerprint density at radius 3 is 2.67 bits per heavy atom. The Morgan fingerprint density at radius 1 is 1.07 bits per heavy atom. The highest BCUT2D eigenvalue weighted by molar-refractivity contribution is 7.99. The summed E-state index contributed by atoms with van der Waals surface area (Å²) in [6, 6.07) is 16.1. The van der Waals surface area contributed by atoms with E-state index in [0.29, 0.717) is 5.52 Å². The van der Waals surface area contributed by atoms with Crippen LogP contribution in [0.5, 0.6) is 0 Å². The second-order valence-corrected chi connectivity index (χ2v) is 9.19. The number of likely N-dealkylation sites (tertiary alicyclic amines) is 1. The minimum atomic E-state index is -0.0293. The van der Waals surface area contributed by atoms with E-state index in [2.05, 4.69) is 4.98 Å². The van der Waals surface area contributed by atoms with Gasteiger partial charge >= 0.3 is 0 Å². The highest BCUT2D eigenvalue weighted by atomic mass is 32.2. The summed E-state index contributed by atoms with van der Waals surface area (Å²) in [4.78, 5) is 23.6. The molecule has 0 radical (unpaired) electrons. The number of benzene rings is 2. The summed E-state index contributed by atoms with van der Waals surface area (Å²) in [5, 5.41) is 1.79. The van der Waals surface area contributed by atoms with Crippen LogP contribution < -0.4 is 10.5 Å². The highest BCUT2D eigenvalue weighted by Crippen LogP contribution is 2.26. The normalized spacial score (nSPS) is 15.2. The lowest BCUT2D eigenvalue weighted by atomic mass is 10.1. The lowest BCUT2D eigenvalue weighted by Crippen LogP contribution is -3.13. The van der Waals surface area contributed by atoms with Crippen molar-refractivity contribution in [3.05, 3.63) is 64.4 Å². The number of rotatable bonds is 5. The van der Waals surface area contributed by atoms with E-state index in [0.717, 1.165) is 45.1 Å². The molecule has 5 nitrogen and oxygen atoms in total. The number of fused-ring (bicyclic) bond motifs is 3. The Morgan fingerprint density at radius 2 is 1.83 bits per heavy atom. The molecule has 3 heterocycles. The molecule has 0 saturated carbocycles. The van der Waals surface area contributed by atoms with E-state index in [-0.39, 0.29) is 5.56 Å². The van der Waals surface area contributed by atoms with Crippen LogP contribution in [0.25, 0.3) is 27.6 Å². The lowest BCUT2D eigenvalue weighted by Gasteiger charge is -2.23. The first-order valence-corrected chi connectivity index (χ1v) is 11.8. The van der Waals surface area contributed by atoms with Gasteiger partial charge in [-0.2, -0.15) is 0 Å². The van der Waals surface area contributed by atoms with Crippen molar-refractivity contribution in [2.75, 3.05) is 25.4 Å². The zero-order valence-corrected chi connectivity index (χ0v) is 18.1. The summed E-state index contributed by atoms with van der Waals surface area (Å²) in [6.45, 7) is 5.68. The maximum absolute atomic E-state index is 13.6. The number of quaternary nitrogens is 1. The van der Waals surface area contributed by atoms with Crippen LogP contribution >= 0.6 is 11.8 Å². The van der Waals surface area contributed by atoms with Gasteiger partial charge < -0.3 is 9.88 Å². The molecule has 1 fully saturated rings. The van der Waals surface area contributed by atoms with Crippen molar-refractivity contribution in [3.63, 3.8) is 0 Å². The Kier molecular flexibility index (Phi) is 5.35. The first kappa shape index (κ1) is 19.4. The van der Waals surface area contributed by atoms with E-state index in [1.807, 2.05) is 55.5 Å². The smallest absolute Gasteiger partial charge is 0.283 e. The molecule has 0 unspecified atom stereocenters. The average Bonchev–Trinajstić information content (AvgIpc) is 3.15. The monoisotopic (exact) mass is 419 g/mol. The number of aromatic amines is 1. The van der Waals surface area contributed by atoms with Crippen molar-refractivity contribution in [3.8, 4) is 5.69 Å². The van der Waals surface area contributed by atoms with E-state index in [1.54, 1.807) is 21.2 Å². The number of para-hydroxylation sites is 2. The molecule has 4 aromatic rings. The van der Waals surface area contributed by atoms with Crippen molar-refractivity contribution in [2.24, 2.45) is 0 Å². The number of nitrogens with zero attached hydrogens (tertiary/aromatic N) is 2. The molecule has 154 valence electrons. The molecule has 0 atom stereocenters. The van der Waals surface area contributed by atoms with Gasteiger partial charge in [-0.15, -0.1) is 0 Å². The molecule has 5 rings (SSSR count). The van der Waals surface area contributed by atoms with Gasteiger partial charge in [0, 0.05) is 10.9 Å². The molecule has 1 aliphatic heterocycles. The van der Waals surface area contributed by atoms with E-state index in [1.165, 1.54) is 32.4 Å². The summed E-state index contributed by atoms with van der Waals surface area (Å²) in [7, 11) is 0. The van der Waals surface area contributed by atoms with E-state index < -0.39 is 0 Å². The second kappa shape index (κ2) is 8.28. The van der Waals surface area contributed by atoms with Gasteiger partial charge in [-0.1, -0.05) is 48.2 Å². The topological polar surface area (TPSA) is 55.1 Å². The molecule has 0 bridgehead atoms. The number of hydrogen-bond donors (Lipinski definition) is 2. The van der Waals surface area contributed by atoms with E-state index in [9.17, 15) is 4.79 Å². The number of H-pyrrole nitrogens is 1. The summed E-state index contributed by atoms with van der Waals surface area (Å²) in [6.07, 6.45) is 4.02. The first-order valence-electron chi connectivity index (χ1n) is 10.8. The maximum Gasteiger partial charge on any atom is 0.283 e. The van der Waals surface area contributed by atoms with Gasteiger partial charge in [-0.3, -0.25) is 9.36 Å². The molecule has 2 aromatic carbocycles. The molecule has 1 aliphatic rings. The van der Waals surface area contributed by atoms with Crippen molar-refractivity contribution in [1.29, 1.82) is 0 Å². The minimum absolute atomic E-state index is 0.0293. The second-order valence-electron chi connectivity index (χ2n) is 8.12. The van der Waals surface area contributed by atoms with Gasteiger partial charge in [0.15, 0.2) is 5.16 Å². The average molecular weight is 420 g/mol. The van der Waals surface area contributed by atoms with Crippen LogP contribution in [0.2, 0.25) is 0 Å². The third-order valence-electron chi connectivity index (χ3n) is 6.10. The third-order valence-corrected chi connectivity index (χ3v) is 7.04. The fraction of sp³-hybridized carbons (Fsp3) is 0.333. The molecule has 2 N–H and O–H groups in total. The molecule has 2 aromatic heterocycles. The molecule has 0 aliphatic carbocycles. The molecule has 30 heavy (non-hydrogen) atoms. The van der Waals surface area contributed by atoms with Crippen molar-refractivity contribution < 1.29 is 4.90 Å². The maximum atomic E-state index is 13.6. The van der Waals surface area contributed by atoms with Crippen LogP contribution in [-0.2, 0) is 0 Å². The standard InChI is InChI=1S/C24H26N4OS/c1-17-9-3-6-12-20(17)28-23(29)22-21(18-10-4-5-11-19(18)25-22)26-24(28)30-16-15-27-13-7-2-8-14-27/h3-6,9-12,25H,2,7-8,13-16H2,1H3/p+1. The SMILES string of the molecule is Cc1ccccc1-n1c(SCC[NH+]2CCCCC2)nc2c([nH]c3ccccc32)c1=O. The number of nitrogens with one attached hydrogen (secondary N) is 2. The summed E-state index contributed by atoms with van der Waals surface area (Å²) in [5.74, 6) is 0.960. The number of aryl methyl sites for hydroxylation is 1. The fourth-order valence-electron chi connectivity index (χ4n) is 4.45. The van der Waals surface area contributed by atoms with Crippen LogP contribution in [0.15, 0.2) is 58.5 Å². The summed E-state index contributed by atoms with van der Waals surface area (Å²) in [5.41, 5.74) is 4.24. The number of aromatic nitrogens is 3. The third kappa shape index (κ3) is 3.55. The number of thioether (sulfide) groups is 1. The van der Waals surface area contributed by atoms with Crippen LogP contribution in [0.3, 0.4) is 0 Å². The Hall–Kier alpha value is -2.57.